The van der Waals surface area contributed by atoms with Gasteiger partial charge in [-0.2, -0.15) is 0 Å². The predicted molar refractivity (Wildman–Crippen MR) is 116 cm³/mol. The number of carbonyl (C=O) groups excluding carboxylic acids is 1. The van der Waals surface area contributed by atoms with E-state index in [1.807, 2.05) is 54.8 Å². The summed E-state index contributed by atoms with van der Waals surface area (Å²) in [5.74, 6) is -0.239. The van der Waals surface area contributed by atoms with Crippen molar-refractivity contribution in [1.29, 1.82) is 0 Å². The molecule has 1 amide bonds. The van der Waals surface area contributed by atoms with Crippen molar-refractivity contribution in [2.75, 3.05) is 10.6 Å². The summed E-state index contributed by atoms with van der Waals surface area (Å²) >= 11 is 1.48. The molecule has 3 aromatic rings. The van der Waals surface area contributed by atoms with E-state index in [0.29, 0.717) is 6.54 Å². The number of nitrogens with one attached hydrogen (secondary N) is 1. The molecule has 3 N–H and O–H groups in total. The maximum Gasteiger partial charge on any atom is 0.330 e. The largest absolute Gasteiger partial charge is 0.383 e. The number of aromatic amines is 1. The van der Waals surface area contributed by atoms with Gasteiger partial charge in [0.2, 0.25) is 5.91 Å². The summed E-state index contributed by atoms with van der Waals surface area (Å²) < 4.78 is 1.33. The zero-order valence-electron chi connectivity index (χ0n) is 16.3. The first kappa shape index (κ1) is 20.6. The normalized spacial score (nSPS) is 10.8. The van der Waals surface area contributed by atoms with Gasteiger partial charge in [-0.15, -0.1) is 11.3 Å². The van der Waals surface area contributed by atoms with Crippen molar-refractivity contribution in [3.05, 3.63) is 79.1 Å². The highest BCUT2D eigenvalue weighted by Crippen LogP contribution is 2.22. The molecular weight excluding hydrogens is 388 g/mol. The molecule has 0 spiro atoms. The molecule has 0 unspecified atom stereocenters. The number of thiophene rings is 1. The molecule has 0 fully saturated rings. The van der Waals surface area contributed by atoms with Crippen LogP contribution in [-0.4, -0.2) is 15.5 Å². The summed E-state index contributed by atoms with van der Waals surface area (Å²) in [6.45, 7) is 2.56. The Morgan fingerprint density at radius 3 is 2.59 bits per heavy atom. The third-order valence-corrected chi connectivity index (χ3v) is 5.49. The number of nitrogens with two attached hydrogens (primary N) is 1. The molecule has 7 nitrogen and oxygen atoms in total. The molecule has 152 valence electrons. The van der Waals surface area contributed by atoms with Crippen LogP contribution in [0.4, 0.5) is 11.5 Å². The van der Waals surface area contributed by atoms with Crippen molar-refractivity contribution < 1.29 is 4.79 Å². The molecule has 8 heteroatoms. The second-order valence-corrected chi connectivity index (χ2v) is 7.75. The number of unbranched alkanes of at least 4 members (excludes halogenated alkanes) is 1. The molecule has 1 aromatic carbocycles. The average molecular weight is 413 g/mol. The van der Waals surface area contributed by atoms with Gasteiger partial charge in [0.15, 0.2) is 5.69 Å². The maximum absolute atomic E-state index is 13.2. The first-order valence-corrected chi connectivity index (χ1v) is 10.4. The maximum atomic E-state index is 13.2. The van der Waals surface area contributed by atoms with Crippen LogP contribution >= 0.6 is 11.3 Å². The fourth-order valence-electron chi connectivity index (χ4n) is 3.09. The number of carbonyl (C=O) groups is 1. The summed E-state index contributed by atoms with van der Waals surface area (Å²) in [7, 11) is 0. The van der Waals surface area contributed by atoms with E-state index in [0.717, 1.165) is 23.3 Å². The van der Waals surface area contributed by atoms with E-state index in [4.69, 9.17) is 5.73 Å². The average Bonchev–Trinajstić information content (AvgIpc) is 3.20. The van der Waals surface area contributed by atoms with Crippen molar-refractivity contribution in [3.63, 3.8) is 0 Å². The van der Waals surface area contributed by atoms with Gasteiger partial charge in [-0.1, -0.05) is 49.7 Å². The lowest BCUT2D eigenvalue weighted by atomic mass is 10.2. The Bertz CT molecular complexity index is 1070. The minimum Gasteiger partial charge on any atom is -0.383 e. The summed E-state index contributed by atoms with van der Waals surface area (Å²) in [6.07, 6.45) is 1.75. The molecular formula is C21H24N4O3S. The van der Waals surface area contributed by atoms with Gasteiger partial charge in [-0.05, 0) is 23.4 Å². The predicted octanol–water partition coefficient (Wildman–Crippen LogP) is 2.76. The SMILES string of the molecule is CCCCn1c(N)c(N(Cc2ccccc2)C(=O)Cc2cccs2)c(=O)[nH]c1=O. The topological polar surface area (TPSA) is 101 Å². The van der Waals surface area contributed by atoms with Crippen molar-refractivity contribution in [1.82, 2.24) is 9.55 Å². The van der Waals surface area contributed by atoms with Gasteiger partial charge in [-0.3, -0.25) is 24.0 Å². The van der Waals surface area contributed by atoms with Crippen LogP contribution in [0.15, 0.2) is 57.4 Å². The van der Waals surface area contributed by atoms with Crippen LogP contribution in [0.1, 0.15) is 30.2 Å². The quantitative estimate of drug-likeness (QED) is 0.594. The lowest BCUT2D eigenvalue weighted by molar-refractivity contribution is -0.118. The van der Waals surface area contributed by atoms with Crippen LogP contribution < -0.4 is 21.9 Å². The third-order valence-electron chi connectivity index (χ3n) is 4.61. The summed E-state index contributed by atoms with van der Waals surface area (Å²) in [4.78, 5) is 42.7. The third kappa shape index (κ3) is 4.83. The highest BCUT2D eigenvalue weighted by Gasteiger charge is 2.24. The lowest BCUT2D eigenvalue weighted by Gasteiger charge is -2.24. The molecule has 0 aliphatic carbocycles. The smallest absolute Gasteiger partial charge is 0.330 e. The second kappa shape index (κ2) is 9.38. The summed E-state index contributed by atoms with van der Waals surface area (Å²) in [6, 6.07) is 13.1. The molecule has 0 bridgehead atoms. The zero-order chi connectivity index (χ0) is 20.8. The Morgan fingerprint density at radius 1 is 1.17 bits per heavy atom. The van der Waals surface area contributed by atoms with E-state index < -0.39 is 11.2 Å². The van der Waals surface area contributed by atoms with Gasteiger partial charge < -0.3 is 5.73 Å². The number of benzene rings is 1. The number of aromatic nitrogens is 2. The number of hydrogen-bond acceptors (Lipinski definition) is 5. The molecule has 0 radical (unpaired) electrons. The molecule has 29 heavy (non-hydrogen) atoms. The number of anilines is 2. The molecule has 2 aromatic heterocycles. The monoisotopic (exact) mass is 412 g/mol. The van der Waals surface area contributed by atoms with E-state index in [1.165, 1.54) is 20.8 Å². The van der Waals surface area contributed by atoms with Crippen molar-refractivity contribution in [2.45, 2.75) is 39.3 Å². The Balaban J connectivity index is 2.06. The number of H-pyrrole nitrogens is 1. The van der Waals surface area contributed by atoms with E-state index in [9.17, 15) is 14.4 Å². The van der Waals surface area contributed by atoms with Crippen LogP contribution in [0, 0.1) is 0 Å². The molecule has 2 heterocycles. The van der Waals surface area contributed by atoms with E-state index in [2.05, 4.69) is 4.98 Å². The van der Waals surface area contributed by atoms with Crippen LogP contribution in [-0.2, 0) is 24.3 Å². The first-order valence-electron chi connectivity index (χ1n) is 9.50. The van der Waals surface area contributed by atoms with Gasteiger partial charge in [0.1, 0.15) is 5.82 Å². The number of amides is 1. The van der Waals surface area contributed by atoms with Crippen LogP contribution in [0.3, 0.4) is 0 Å². The van der Waals surface area contributed by atoms with Crippen molar-refractivity contribution >= 4 is 28.7 Å². The fourth-order valence-corrected chi connectivity index (χ4v) is 3.79. The van der Waals surface area contributed by atoms with E-state index in [1.54, 1.807) is 0 Å². The van der Waals surface area contributed by atoms with E-state index in [-0.39, 0.29) is 30.4 Å². The lowest BCUT2D eigenvalue weighted by Crippen LogP contribution is -2.41. The fraction of sp³-hybridized carbons (Fsp3) is 0.286. The molecule has 0 saturated heterocycles. The van der Waals surface area contributed by atoms with Crippen molar-refractivity contribution in [2.24, 2.45) is 0 Å². The summed E-state index contributed by atoms with van der Waals surface area (Å²) in [5, 5.41) is 1.90. The molecule has 3 rings (SSSR count). The summed E-state index contributed by atoms with van der Waals surface area (Å²) in [5.41, 5.74) is 5.90. The zero-order valence-corrected chi connectivity index (χ0v) is 17.1. The van der Waals surface area contributed by atoms with E-state index >= 15 is 0 Å². The molecule has 0 saturated carbocycles. The standard InChI is InChI=1S/C21H24N4O3S/c1-2-3-11-24-19(22)18(20(27)23-21(24)28)25(14-15-8-5-4-6-9-15)17(26)13-16-10-7-12-29-16/h4-10,12H,2-3,11,13-14,22H2,1H3,(H,23,27,28). The van der Waals surface area contributed by atoms with Gasteiger partial charge in [0.05, 0.1) is 13.0 Å². The number of rotatable bonds is 8. The highest BCUT2D eigenvalue weighted by atomic mass is 32.1. The van der Waals surface area contributed by atoms with Crippen LogP contribution in [0.2, 0.25) is 0 Å². The minimum atomic E-state index is -0.657. The first-order chi connectivity index (χ1) is 14.0. The highest BCUT2D eigenvalue weighted by molar-refractivity contribution is 7.10. The van der Waals surface area contributed by atoms with Crippen LogP contribution in [0.5, 0.6) is 0 Å². The number of hydrogen-bond donors (Lipinski definition) is 2. The van der Waals surface area contributed by atoms with Gasteiger partial charge in [-0.25, -0.2) is 4.79 Å². The number of nitrogens with zero attached hydrogens (tertiary/aromatic N) is 2. The Labute approximate surface area is 172 Å². The van der Waals surface area contributed by atoms with Crippen molar-refractivity contribution in [3.8, 4) is 0 Å². The Kier molecular flexibility index (Phi) is 6.66. The number of nitrogen functional groups attached to an aromatic ring is 1. The molecule has 0 aliphatic heterocycles. The Hall–Kier alpha value is -3.13. The Morgan fingerprint density at radius 2 is 1.93 bits per heavy atom. The minimum absolute atomic E-state index is 0.0164. The van der Waals surface area contributed by atoms with Gasteiger partial charge in [0.25, 0.3) is 5.56 Å². The second-order valence-electron chi connectivity index (χ2n) is 6.72. The van der Waals surface area contributed by atoms with Gasteiger partial charge in [0, 0.05) is 11.4 Å². The van der Waals surface area contributed by atoms with Crippen LogP contribution in [0.25, 0.3) is 0 Å². The molecule has 0 atom stereocenters. The van der Waals surface area contributed by atoms with Gasteiger partial charge >= 0.3 is 5.69 Å². The molecule has 0 aliphatic rings.